The molecule has 0 aliphatic carbocycles. The average molecular weight is 376 g/mol. The maximum absolute atomic E-state index is 12.3. The van der Waals surface area contributed by atoms with Crippen LogP contribution in [0, 0.1) is 0 Å². The van der Waals surface area contributed by atoms with Crippen LogP contribution in [0.3, 0.4) is 0 Å². The van der Waals surface area contributed by atoms with Crippen molar-refractivity contribution >= 4 is 17.2 Å². The molecule has 0 unspecified atom stereocenters. The molecule has 0 bridgehead atoms. The highest BCUT2D eigenvalue weighted by molar-refractivity contribution is 7.13. The molecule has 0 aliphatic heterocycles. The summed E-state index contributed by atoms with van der Waals surface area (Å²) in [5.41, 5.74) is 3.07. The molecule has 0 fully saturated rings. The molecule has 0 saturated carbocycles. The van der Waals surface area contributed by atoms with Gasteiger partial charge in [-0.25, -0.2) is 9.67 Å². The fourth-order valence-corrected chi connectivity index (χ4v) is 3.36. The number of rotatable bonds is 6. The van der Waals surface area contributed by atoms with Crippen molar-refractivity contribution in [1.82, 2.24) is 30.3 Å². The van der Waals surface area contributed by atoms with Gasteiger partial charge in [0.1, 0.15) is 5.01 Å². The molecule has 0 atom stereocenters. The van der Waals surface area contributed by atoms with Gasteiger partial charge in [0.15, 0.2) is 5.69 Å². The van der Waals surface area contributed by atoms with Crippen molar-refractivity contribution in [2.45, 2.75) is 6.42 Å². The first-order valence-corrected chi connectivity index (χ1v) is 9.28. The minimum absolute atomic E-state index is 0.250. The number of thiazole rings is 1. The number of nitrogens with zero attached hydrogens (tertiary/aromatic N) is 5. The highest BCUT2D eigenvalue weighted by atomic mass is 32.1. The van der Waals surface area contributed by atoms with Gasteiger partial charge in [-0.2, -0.15) is 0 Å². The minimum Gasteiger partial charge on any atom is -0.350 e. The number of carbonyl (C=O) groups is 1. The third kappa shape index (κ3) is 4.06. The number of hydrogen-bond donors (Lipinski definition) is 1. The van der Waals surface area contributed by atoms with E-state index < -0.39 is 0 Å². The van der Waals surface area contributed by atoms with Crippen LogP contribution in [-0.4, -0.2) is 37.4 Å². The maximum Gasteiger partial charge on any atom is 0.273 e. The quantitative estimate of drug-likeness (QED) is 0.559. The Morgan fingerprint density at radius 3 is 2.85 bits per heavy atom. The summed E-state index contributed by atoms with van der Waals surface area (Å²) in [6.45, 7) is 0.479. The van der Waals surface area contributed by atoms with Gasteiger partial charge < -0.3 is 5.32 Å². The summed E-state index contributed by atoms with van der Waals surface area (Å²) in [6, 6.07) is 13.4. The molecule has 0 radical (unpaired) electrons. The van der Waals surface area contributed by atoms with E-state index in [4.69, 9.17) is 0 Å². The Labute approximate surface area is 159 Å². The third-order valence-corrected chi connectivity index (χ3v) is 4.81. The first kappa shape index (κ1) is 17.0. The molecule has 0 spiro atoms. The number of nitrogens with one attached hydrogen (secondary N) is 1. The molecule has 134 valence electrons. The summed E-state index contributed by atoms with van der Waals surface area (Å²) < 4.78 is 1.58. The zero-order chi connectivity index (χ0) is 18.5. The highest BCUT2D eigenvalue weighted by Crippen LogP contribution is 2.22. The lowest BCUT2D eigenvalue weighted by molar-refractivity contribution is 0.0949. The van der Waals surface area contributed by atoms with E-state index in [0.29, 0.717) is 13.0 Å². The Balaban J connectivity index is 1.33. The molecule has 3 heterocycles. The van der Waals surface area contributed by atoms with Gasteiger partial charge in [-0.3, -0.25) is 9.78 Å². The van der Waals surface area contributed by atoms with Crippen LogP contribution in [0.2, 0.25) is 0 Å². The highest BCUT2D eigenvalue weighted by Gasteiger charge is 2.11. The Hall–Kier alpha value is -3.39. The summed E-state index contributed by atoms with van der Waals surface area (Å²) in [6.07, 6.45) is 5.80. The first-order valence-electron chi connectivity index (χ1n) is 8.40. The number of hydrogen-bond acceptors (Lipinski definition) is 6. The van der Waals surface area contributed by atoms with E-state index in [0.717, 1.165) is 22.0 Å². The molecule has 1 amide bonds. The molecule has 27 heavy (non-hydrogen) atoms. The van der Waals surface area contributed by atoms with Gasteiger partial charge in [-0.05, 0) is 24.3 Å². The zero-order valence-electron chi connectivity index (χ0n) is 14.3. The number of carbonyl (C=O) groups excluding carboxylic acids is 1. The molecule has 4 rings (SSSR count). The lowest BCUT2D eigenvalue weighted by atomic mass is 10.3. The molecule has 0 saturated heterocycles. The fraction of sp³-hybridized carbons (Fsp3) is 0.105. The van der Waals surface area contributed by atoms with Crippen LogP contribution in [0.25, 0.3) is 16.3 Å². The molecular weight excluding hydrogens is 360 g/mol. The Morgan fingerprint density at radius 1 is 1.15 bits per heavy atom. The van der Waals surface area contributed by atoms with Gasteiger partial charge >= 0.3 is 0 Å². The van der Waals surface area contributed by atoms with Crippen LogP contribution < -0.4 is 5.32 Å². The molecule has 7 nitrogen and oxygen atoms in total. The van der Waals surface area contributed by atoms with E-state index in [1.807, 2.05) is 47.8 Å². The fourth-order valence-electron chi connectivity index (χ4n) is 2.51. The number of benzene rings is 1. The number of aromatic nitrogens is 5. The van der Waals surface area contributed by atoms with Crippen LogP contribution in [0.1, 0.15) is 16.2 Å². The van der Waals surface area contributed by atoms with Gasteiger partial charge in [-0.1, -0.05) is 23.4 Å². The topological polar surface area (TPSA) is 85.6 Å². The normalized spacial score (nSPS) is 10.7. The summed E-state index contributed by atoms with van der Waals surface area (Å²) in [5.74, 6) is -0.250. The lowest BCUT2D eigenvalue weighted by Crippen LogP contribution is -2.26. The number of pyridine rings is 1. The Bertz CT molecular complexity index is 1030. The van der Waals surface area contributed by atoms with Crippen molar-refractivity contribution < 1.29 is 4.79 Å². The van der Waals surface area contributed by atoms with Gasteiger partial charge in [-0.15, -0.1) is 16.4 Å². The second-order valence-electron chi connectivity index (χ2n) is 5.78. The van der Waals surface area contributed by atoms with E-state index >= 15 is 0 Å². The largest absolute Gasteiger partial charge is 0.350 e. The van der Waals surface area contributed by atoms with E-state index in [9.17, 15) is 4.79 Å². The predicted octanol–water partition coefficient (Wildman–Crippen LogP) is 2.76. The van der Waals surface area contributed by atoms with Crippen LogP contribution in [0.15, 0.2) is 66.4 Å². The van der Waals surface area contributed by atoms with Crippen molar-refractivity contribution in [3.63, 3.8) is 0 Å². The van der Waals surface area contributed by atoms with Crippen LogP contribution in [0.4, 0.5) is 0 Å². The molecule has 3 aromatic heterocycles. The lowest BCUT2D eigenvalue weighted by Gasteiger charge is -2.01. The zero-order valence-corrected chi connectivity index (χ0v) is 15.1. The maximum atomic E-state index is 12.3. The SMILES string of the molecule is O=C(NCCc1csc(-c2cccnc2)n1)c1cn(-c2ccccc2)nn1. The predicted molar refractivity (Wildman–Crippen MR) is 103 cm³/mol. The van der Waals surface area contributed by atoms with Crippen molar-refractivity contribution in [1.29, 1.82) is 0 Å². The van der Waals surface area contributed by atoms with Gasteiger partial charge in [0, 0.05) is 36.3 Å². The molecular formula is C19H16N6OS. The molecule has 1 N–H and O–H groups in total. The van der Waals surface area contributed by atoms with E-state index in [-0.39, 0.29) is 11.6 Å². The van der Waals surface area contributed by atoms with E-state index in [1.165, 1.54) is 0 Å². The molecule has 8 heteroatoms. The molecule has 0 aliphatic rings. The Morgan fingerprint density at radius 2 is 2.04 bits per heavy atom. The summed E-state index contributed by atoms with van der Waals surface area (Å²) in [5, 5.41) is 13.7. The monoisotopic (exact) mass is 376 g/mol. The van der Waals surface area contributed by atoms with Crippen LogP contribution >= 0.6 is 11.3 Å². The Kier molecular flexibility index (Phi) is 4.97. The smallest absolute Gasteiger partial charge is 0.273 e. The standard InChI is InChI=1S/C19H16N6OS/c26-18(17-12-25(24-23-17)16-6-2-1-3-7-16)21-10-8-15-13-27-19(22-15)14-5-4-9-20-11-14/h1-7,9,11-13H,8,10H2,(H,21,26). The van der Waals surface area contributed by atoms with E-state index in [1.54, 1.807) is 34.6 Å². The second-order valence-corrected chi connectivity index (χ2v) is 6.63. The average Bonchev–Trinajstić information content (AvgIpc) is 3.39. The van der Waals surface area contributed by atoms with Gasteiger partial charge in [0.2, 0.25) is 0 Å². The van der Waals surface area contributed by atoms with Crippen molar-refractivity contribution in [2.24, 2.45) is 0 Å². The second kappa shape index (κ2) is 7.88. The van der Waals surface area contributed by atoms with Crippen molar-refractivity contribution in [3.8, 4) is 16.3 Å². The number of para-hydroxylation sites is 1. The van der Waals surface area contributed by atoms with E-state index in [2.05, 4.69) is 25.6 Å². The summed E-state index contributed by atoms with van der Waals surface area (Å²) in [7, 11) is 0. The minimum atomic E-state index is -0.250. The van der Waals surface area contributed by atoms with Crippen molar-refractivity contribution in [3.05, 3.63) is 77.8 Å². The van der Waals surface area contributed by atoms with Crippen molar-refractivity contribution in [2.75, 3.05) is 6.54 Å². The summed E-state index contributed by atoms with van der Waals surface area (Å²) >= 11 is 1.57. The van der Waals surface area contributed by atoms with Gasteiger partial charge in [0.25, 0.3) is 5.91 Å². The third-order valence-electron chi connectivity index (χ3n) is 3.87. The molecule has 4 aromatic rings. The van der Waals surface area contributed by atoms with Crippen LogP contribution in [-0.2, 0) is 6.42 Å². The van der Waals surface area contributed by atoms with Gasteiger partial charge in [0.05, 0.1) is 17.6 Å². The number of amides is 1. The first-order chi connectivity index (χ1) is 13.3. The van der Waals surface area contributed by atoms with Crippen LogP contribution in [0.5, 0.6) is 0 Å². The molecule has 1 aromatic carbocycles. The summed E-state index contributed by atoms with van der Waals surface area (Å²) in [4.78, 5) is 21.0.